The van der Waals surface area contributed by atoms with Gasteiger partial charge in [-0.1, -0.05) is 17.7 Å². The summed E-state index contributed by atoms with van der Waals surface area (Å²) in [7, 11) is 0. The Morgan fingerprint density at radius 3 is 2.26 bits per heavy atom. The number of piperazine rings is 1. The number of hydrogen-bond donors (Lipinski definition) is 0. The van der Waals surface area contributed by atoms with E-state index < -0.39 is 16.8 Å². The third-order valence-electron chi connectivity index (χ3n) is 4.58. The topological polar surface area (TPSA) is 40.6 Å². The Hall–Kier alpha value is -2.35. The van der Waals surface area contributed by atoms with Crippen molar-refractivity contribution in [2.24, 2.45) is 0 Å². The predicted molar refractivity (Wildman–Crippen MR) is 98.6 cm³/mol. The molecule has 3 rings (SSSR count). The number of hydrogen-bond acceptors (Lipinski definition) is 4. The molecule has 2 heterocycles. The van der Waals surface area contributed by atoms with Crippen LogP contribution in [0.3, 0.4) is 0 Å². The van der Waals surface area contributed by atoms with Crippen molar-refractivity contribution in [3.05, 3.63) is 51.7 Å². The number of nitrogens with zero attached hydrogens (tertiary/aromatic N) is 2. The highest BCUT2D eigenvalue weighted by molar-refractivity contribution is 7.16. The molecule has 1 aliphatic heterocycles. The van der Waals surface area contributed by atoms with Crippen molar-refractivity contribution in [3.63, 3.8) is 0 Å². The standard InChI is InChI=1S/C19H19F3N2O2S/c1-12-3-5-14(6-4-12)24-10-9-23(11-13(24)2)18(26)16-8-7-15(27-16)17(25)19(20,21)22/h3-8,13H,9-11H2,1-2H3. The Morgan fingerprint density at radius 2 is 1.67 bits per heavy atom. The molecule has 0 saturated carbocycles. The minimum atomic E-state index is -4.93. The summed E-state index contributed by atoms with van der Waals surface area (Å²) >= 11 is 0.595. The van der Waals surface area contributed by atoms with Gasteiger partial charge in [-0.2, -0.15) is 13.2 Å². The zero-order chi connectivity index (χ0) is 19.8. The summed E-state index contributed by atoms with van der Waals surface area (Å²) in [6, 6.07) is 10.6. The average molecular weight is 396 g/mol. The maximum atomic E-state index is 12.6. The fourth-order valence-electron chi connectivity index (χ4n) is 3.13. The molecule has 0 bridgehead atoms. The van der Waals surface area contributed by atoms with E-state index >= 15 is 0 Å². The van der Waals surface area contributed by atoms with Crippen molar-refractivity contribution in [2.45, 2.75) is 26.1 Å². The number of benzene rings is 1. The quantitative estimate of drug-likeness (QED) is 0.732. The zero-order valence-corrected chi connectivity index (χ0v) is 15.7. The minimum Gasteiger partial charge on any atom is -0.365 e. The first kappa shape index (κ1) is 19.4. The normalized spacial score (nSPS) is 17.9. The van der Waals surface area contributed by atoms with Crippen LogP contribution < -0.4 is 4.90 Å². The first-order chi connectivity index (χ1) is 12.7. The molecule has 1 aliphatic rings. The predicted octanol–water partition coefficient (Wildman–Crippen LogP) is 4.15. The lowest BCUT2D eigenvalue weighted by atomic mass is 10.1. The van der Waals surface area contributed by atoms with Crippen molar-refractivity contribution >= 4 is 28.7 Å². The monoisotopic (exact) mass is 396 g/mol. The first-order valence-electron chi connectivity index (χ1n) is 8.51. The van der Waals surface area contributed by atoms with Gasteiger partial charge in [0.25, 0.3) is 11.7 Å². The van der Waals surface area contributed by atoms with Crippen LogP contribution in [0.1, 0.15) is 31.8 Å². The van der Waals surface area contributed by atoms with Crippen LogP contribution in [-0.4, -0.2) is 48.4 Å². The van der Waals surface area contributed by atoms with E-state index in [1.54, 1.807) is 4.90 Å². The Kier molecular flexibility index (Phi) is 5.28. The summed E-state index contributed by atoms with van der Waals surface area (Å²) in [4.78, 5) is 27.5. The molecular formula is C19H19F3N2O2S. The number of alkyl halides is 3. The van der Waals surface area contributed by atoms with E-state index in [2.05, 4.69) is 4.90 Å². The summed E-state index contributed by atoms with van der Waals surface area (Å²) in [5.41, 5.74) is 2.25. The van der Waals surface area contributed by atoms with Crippen molar-refractivity contribution in [2.75, 3.05) is 24.5 Å². The number of rotatable bonds is 3. The van der Waals surface area contributed by atoms with E-state index in [1.807, 2.05) is 38.1 Å². The van der Waals surface area contributed by atoms with E-state index in [0.29, 0.717) is 31.0 Å². The number of ketones is 1. The maximum absolute atomic E-state index is 12.6. The van der Waals surface area contributed by atoms with Crippen molar-refractivity contribution in [1.29, 1.82) is 0 Å². The summed E-state index contributed by atoms with van der Waals surface area (Å²) in [6.45, 7) is 5.59. The van der Waals surface area contributed by atoms with Crippen LogP contribution in [0.4, 0.5) is 18.9 Å². The van der Waals surface area contributed by atoms with Crippen LogP contribution in [0.2, 0.25) is 0 Å². The molecule has 8 heteroatoms. The third-order valence-corrected chi connectivity index (χ3v) is 5.65. The maximum Gasteiger partial charge on any atom is 0.455 e. The fourth-order valence-corrected chi connectivity index (χ4v) is 4.07. The molecule has 1 fully saturated rings. The van der Waals surface area contributed by atoms with Crippen LogP contribution in [0.25, 0.3) is 0 Å². The molecule has 27 heavy (non-hydrogen) atoms. The number of halogens is 3. The van der Waals surface area contributed by atoms with Crippen LogP contribution in [0.15, 0.2) is 36.4 Å². The summed E-state index contributed by atoms with van der Waals surface area (Å²) in [5.74, 6) is -2.25. The van der Waals surface area contributed by atoms with Crippen molar-refractivity contribution in [3.8, 4) is 0 Å². The molecule has 0 N–H and O–H groups in total. The van der Waals surface area contributed by atoms with Crippen molar-refractivity contribution < 1.29 is 22.8 Å². The van der Waals surface area contributed by atoms with Gasteiger partial charge in [-0.25, -0.2) is 0 Å². The number of carbonyl (C=O) groups excluding carboxylic acids is 2. The first-order valence-corrected chi connectivity index (χ1v) is 9.32. The van der Waals surface area contributed by atoms with Gasteiger partial charge < -0.3 is 9.80 Å². The second kappa shape index (κ2) is 7.34. The molecule has 1 aromatic heterocycles. The largest absolute Gasteiger partial charge is 0.455 e. The summed E-state index contributed by atoms with van der Waals surface area (Å²) < 4.78 is 37.6. The number of aryl methyl sites for hydroxylation is 1. The molecule has 0 radical (unpaired) electrons. The highest BCUT2D eigenvalue weighted by Gasteiger charge is 2.40. The second-order valence-corrected chi connectivity index (χ2v) is 7.70. The molecule has 1 amide bonds. The van der Waals surface area contributed by atoms with Gasteiger partial charge in [-0.3, -0.25) is 9.59 Å². The van der Waals surface area contributed by atoms with Crippen LogP contribution in [0.5, 0.6) is 0 Å². The van der Waals surface area contributed by atoms with Crippen LogP contribution in [-0.2, 0) is 0 Å². The number of amides is 1. The van der Waals surface area contributed by atoms with Gasteiger partial charge >= 0.3 is 6.18 Å². The lowest BCUT2D eigenvalue weighted by Gasteiger charge is -2.41. The Morgan fingerprint density at radius 1 is 1.04 bits per heavy atom. The molecule has 4 nitrogen and oxygen atoms in total. The Balaban J connectivity index is 1.68. The molecular weight excluding hydrogens is 377 g/mol. The van der Waals surface area contributed by atoms with E-state index in [-0.39, 0.29) is 16.8 Å². The Labute approximate surface area is 159 Å². The Bertz CT molecular complexity index is 845. The third kappa shape index (κ3) is 4.16. The van der Waals surface area contributed by atoms with Crippen LogP contribution >= 0.6 is 11.3 Å². The molecule has 144 valence electrons. The SMILES string of the molecule is Cc1ccc(N2CCN(C(=O)c3ccc(C(=O)C(F)(F)F)s3)CC2C)cc1. The lowest BCUT2D eigenvalue weighted by Crippen LogP contribution is -2.53. The average Bonchev–Trinajstić information content (AvgIpc) is 3.10. The summed E-state index contributed by atoms with van der Waals surface area (Å²) in [5, 5.41) is 0. The number of Topliss-reactive ketones (excluding diaryl/α,β-unsaturated/α-hetero) is 1. The van der Waals surface area contributed by atoms with E-state index in [9.17, 15) is 22.8 Å². The van der Waals surface area contributed by atoms with Crippen molar-refractivity contribution in [1.82, 2.24) is 4.90 Å². The zero-order valence-electron chi connectivity index (χ0n) is 14.9. The number of anilines is 1. The highest BCUT2D eigenvalue weighted by atomic mass is 32.1. The molecule has 1 aromatic carbocycles. The minimum absolute atomic E-state index is 0.0710. The van der Waals surface area contributed by atoms with Gasteiger partial charge in [0.1, 0.15) is 0 Å². The number of carbonyl (C=O) groups is 2. The van der Waals surface area contributed by atoms with E-state index in [0.717, 1.165) is 11.8 Å². The summed E-state index contributed by atoms with van der Waals surface area (Å²) in [6.07, 6.45) is -4.93. The lowest BCUT2D eigenvalue weighted by molar-refractivity contribution is -0.0882. The van der Waals surface area contributed by atoms with E-state index in [1.165, 1.54) is 11.6 Å². The van der Waals surface area contributed by atoms with Gasteiger partial charge in [-0.05, 0) is 38.1 Å². The number of thiophene rings is 1. The second-order valence-electron chi connectivity index (χ2n) is 6.62. The smallest absolute Gasteiger partial charge is 0.365 e. The molecule has 1 saturated heterocycles. The van der Waals surface area contributed by atoms with Gasteiger partial charge in [0.15, 0.2) is 0 Å². The highest BCUT2D eigenvalue weighted by Crippen LogP contribution is 2.28. The fraction of sp³-hybridized carbons (Fsp3) is 0.368. The van der Waals surface area contributed by atoms with Gasteiger partial charge in [0.05, 0.1) is 9.75 Å². The van der Waals surface area contributed by atoms with Gasteiger partial charge in [-0.15, -0.1) is 11.3 Å². The van der Waals surface area contributed by atoms with Gasteiger partial charge in [0, 0.05) is 31.4 Å². The molecule has 0 aliphatic carbocycles. The molecule has 0 spiro atoms. The molecule has 1 atom stereocenters. The molecule has 2 aromatic rings. The molecule has 1 unspecified atom stereocenters. The van der Waals surface area contributed by atoms with E-state index in [4.69, 9.17) is 0 Å². The van der Waals surface area contributed by atoms with Gasteiger partial charge in [0.2, 0.25) is 0 Å². The van der Waals surface area contributed by atoms with Crippen LogP contribution in [0, 0.1) is 6.92 Å².